The van der Waals surface area contributed by atoms with Gasteiger partial charge in [-0.15, -0.1) is 0 Å². The Labute approximate surface area is 111 Å². The summed E-state index contributed by atoms with van der Waals surface area (Å²) in [4.78, 5) is 22.2. The molecule has 0 bridgehead atoms. The zero-order valence-electron chi connectivity index (χ0n) is 8.08. The summed E-state index contributed by atoms with van der Waals surface area (Å²) in [6, 6.07) is 3.71. The van der Waals surface area contributed by atoms with Crippen molar-refractivity contribution in [3.05, 3.63) is 38.8 Å². The molecule has 0 radical (unpaired) electrons. The number of carbonyl (C=O) groups is 2. The Bertz CT molecular complexity index is 522. The fraction of sp³-hybridized carbons (Fsp3) is 0. The van der Waals surface area contributed by atoms with Crippen molar-refractivity contribution in [1.82, 2.24) is 0 Å². The smallest absolute Gasteiger partial charge is 0.349 e. The van der Waals surface area contributed by atoms with E-state index >= 15 is 0 Å². The number of benzene rings is 1. The molecule has 7 heteroatoms. The van der Waals surface area contributed by atoms with Crippen LogP contribution >= 0.6 is 34.8 Å². The molecule has 0 aliphatic heterocycles. The van der Waals surface area contributed by atoms with Gasteiger partial charge in [-0.2, -0.15) is 0 Å². The quantitative estimate of drug-likeness (QED) is 0.664. The largest absolute Gasteiger partial charge is 0.507 e. The lowest BCUT2D eigenvalue weighted by Gasteiger charge is -2.04. The normalized spacial score (nSPS) is 11.9. The van der Waals surface area contributed by atoms with Gasteiger partial charge >= 0.3 is 5.97 Å². The zero-order valence-corrected chi connectivity index (χ0v) is 10.3. The number of aliphatic carboxylic acids is 1. The molecule has 0 saturated heterocycles. The standard InChI is InChI=1S/C10H5Cl3O4/c11-4-1-2-6(14)5(3-4)9(15)7(12)8(13)10(16)17/h1-3,14H,(H,16,17)/b8-7-. The molecule has 0 aliphatic rings. The number of phenolic OH excluding ortho intramolecular Hbond substituents is 1. The highest BCUT2D eigenvalue weighted by molar-refractivity contribution is 6.55. The molecule has 0 heterocycles. The Morgan fingerprint density at radius 3 is 2.24 bits per heavy atom. The molecule has 0 fully saturated rings. The Kier molecular flexibility index (Phi) is 4.40. The number of carboxylic acids is 1. The van der Waals surface area contributed by atoms with Gasteiger partial charge in [0, 0.05) is 5.02 Å². The van der Waals surface area contributed by atoms with Crippen LogP contribution in [-0.4, -0.2) is 22.0 Å². The highest BCUT2D eigenvalue weighted by atomic mass is 35.5. The van der Waals surface area contributed by atoms with Crippen LogP contribution < -0.4 is 0 Å². The molecule has 0 amide bonds. The van der Waals surface area contributed by atoms with E-state index in [9.17, 15) is 14.7 Å². The minimum Gasteiger partial charge on any atom is -0.507 e. The predicted molar refractivity (Wildman–Crippen MR) is 63.8 cm³/mol. The predicted octanol–water partition coefficient (Wildman–Crippen LogP) is 3.00. The van der Waals surface area contributed by atoms with E-state index in [4.69, 9.17) is 39.9 Å². The van der Waals surface area contributed by atoms with Gasteiger partial charge in [0.25, 0.3) is 0 Å². The van der Waals surface area contributed by atoms with Gasteiger partial charge in [-0.05, 0) is 18.2 Å². The summed E-state index contributed by atoms with van der Waals surface area (Å²) in [5, 5.41) is 16.7. The monoisotopic (exact) mass is 294 g/mol. The Balaban J connectivity index is 3.26. The van der Waals surface area contributed by atoms with E-state index < -0.39 is 21.8 Å². The summed E-state index contributed by atoms with van der Waals surface area (Å²) in [5.41, 5.74) is -0.220. The molecule has 0 unspecified atom stereocenters. The topological polar surface area (TPSA) is 74.6 Å². The third-order valence-electron chi connectivity index (χ3n) is 1.78. The Morgan fingerprint density at radius 1 is 1.12 bits per heavy atom. The molecule has 4 nitrogen and oxygen atoms in total. The van der Waals surface area contributed by atoms with Crippen molar-refractivity contribution < 1.29 is 19.8 Å². The number of halogens is 3. The fourth-order valence-electron chi connectivity index (χ4n) is 1.00. The molecular weight excluding hydrogens is 290 g/mol. The SMILES string of the molecule is O=C(O)/C(Cl)=C(/Cl)C(=O)c1cc(Cl)ccc1O. The lowest BCUT2D eigenvalue weighted by Crippen LogP contribution is -2.05. The molecule has 0 aliphatic carbocycles. The fourth-order valence-corrected chi connectivity index (χ4v) is 1.44. The number of hydrogen-bond donors (Lipinski definition) is 2. The number of Topliss-reactive ketones (excluding diaryl/α,β-unsaturated/α-hetero) is 1. The number of hydrogen-bond acceptors (Lipinski definition) is 3. The molecule has 0 atom stereocenters. The van der Waals surface area contributed by atoms with E-state index in [1.165, 1.54) is 12.1 Å². The average molecular weight is 296 g/mol. The highest BCUT2D eigenvalue weighted by Crippen LogP contribution is 2.27. The maximum atomic E-state index is 11.7. The van der Waals surface area contributed by atoms with Crippen molar-refractivity contribution in [1.29, 1.82) is 0 Å². The van der Waals surface area contributed by atoms with Gasteiger partial charge in [-0.1, -0.05) is 34.8 Å². The second-order valence-electron chi connectivity index (χ2n) is 2.92. The van der Waals surface area contributed by atoms with E-state index in [-0.39, 0.29) is 16.3 Å². The van der Waals surface area contributed by atoms with Crippen molar-refractivity contribution in [2.45, 2.75) is 0 Å². The van der Waals surface area contributed by atoms with E-state index in [1.54, 1.807) is 0 Å². The molecule has 2 N–H and O–H groups in total. The summed E-state index contributed by atoms with van der Waals surface area (Å²) in [5.74, 6) is -2.82. The van der Waals surface area contributed by atoms with Gasteiger partial charge in [0.1, 0.15) is 15.8 Å². The first-order chi connectivity index (χ1) is 7.84. The molecule has 1 aromatic rings. The van der Waals surface area contributed by atoms with E-state index in [1.807, 2.05) is 0 Å². The summed E-state index contributed by atoms with van der Waals surface area (Å²) in [6.45, 7) is 0. The maximum absolute atomic E-state index is 11.7. The first-order valence-electron chi connectivity index (χ1n) is 4.16. The van der Waals surface area contributed by atoms with E-state index in [0.29, 0.717) is 0 Å². The van der Waals surface area contributed by atoms with Gasteiger partial charge < -0.3 is 10.2 Å². The second kappa shape index (κ2) is 5.40. The minimum absolute atomic E-state index is 0.196. The van der Waals surface area contributed by atoms with Gasteiger partial charge in [-0.3, -0.25) is 4.79 Å². The number of rotatable bonds is 3. The van der Waals surface area contributed by atoms with E-state index in [2.05, 4.69) is 0 Å². The van der Waals surface area contributed by atoms with Crippen LogP contribution in [0.1, 0.15) is 10.4 Å². The highest BCUT2D eigenvalue weighted by Gasteiger charge is 2.21. The number of aromatic hydroxyl groups is 1. The van der Waals surface area contributed by atoms with Crippen LogP contribution in [0.15, 0.2) is 28.3 Å². The summed E-state index contributed by atoms with van der Waals surface area (Å²) in [6.07, 6.45) is 0. The van der Waals surface area contributed by atoms with Crippen LogP contribution in [-0.2, 0) is 4.79 Å². The van der Waals surface area contributed by atoms with Crippen LogP contribution in [0.5, 0.6) is 5.75 Å². The maximum Gasteiger partial charge on any atom is 0.349 e. The molecule has 1 rings (SSSR count). The molecule has 17 heavy (non-hydrogen) atoms. The molecule has 0 spiro atoms. The number of carbonyl (C=O) groups excluding carboxylic acids is 1. The van der Waals surface area contributed by atoms with Crippen LogP contribution in [0, 0.1) is 0 Å². The Hall–Kier alpha value is -1.23. The number of allylic oxidation sites excluding steroid dienone is 1. The van der Waals surface area contributed by atoms with Gasteiger partial charge in [0.15, 0.2) is 0 Å². The first-order valence-corrected chi connectivity index (χ1v) is 5.29. The van der Waals surface area contributed by atoms with Crippen molar-refractivity contribution in [2.75, 3.05) is 0 Å². The van der Waals surface area contributed by atoms with Crippen molar-refractivity contribution >= 4 is 46.6 Å². The number of phenols is 1. The lowest BCUT2D eigenvalue weighted by atomic mass is 10.1. The lowest BCUT2D eigenvalue weighted by molar-refractivity contribution is -0.131. The molecule has 1 aromatic carbocycles. The van der Waals surface area contributed by atoms with E-state index in [0.717, 1.165) is 6.07 Å². The van der Waals surface area contributed by atoms with Gasteiger partial charge in [0.05, 0.1) is 5.56 Å². The third kappa shape index (κ3) is 3.12. The van der Waals surface area contributed by atoms with Gasteiger partial charge in [-0.25, -0.2) is 4.79 Å². The zero-order chi connectivity index (χ0) is 13.2. The molecule has 0 aromatic heterocycles. The number of ketones is 1. The third-order valence-corrected chi connectivity index (χ3v) is 2.83. The van der Waals surface area contributed by atoms with Gasteiger partial charge in [0.2, 0.25) is 5.78 Å². The van der Waals surface area contributed by atoms with Crippen molar-refractivity contribution in [3.63, 3.8) is 0 Å². The minimum atomic E-state index is -1.54. The molecular formula is C10H5Cl3O4. The first kappa shape index (κ1) is 13.8. The Morgan fingerprint density at radius 2 is 1.71 bits per heavy atom. The summed E-state index contributed by atoms with van der Waals surface area (Å²) in [7, 11) is 0. The number of carboxylic acid groups (broad SMARTS) is 1. The molecule has 90 valence electrons. The summed E-state index contributed by atoms with van der Waals surface area (Å²) < 4.78 is 0. The average Bonchev–Trinajstić information content (AvgIpc) is 2.29. The summed E-state index contributed by atoms with van der Waals surface area (Å²) >= 11 is 16.5. The van der Waals surface area contributed by atoms with Crippen LogP contribution in [0.25, 0.3) is 0 Å². The van der Waals surface area contributed by atoms with Crippen molar-refractivity contribution in [3.8, 4) is 5.75 Å². The van der Waals surface area contributed by atoms with Crippen LogP contribution in [0.2, 0.25) is 5.02 Å². The second-order valence-corrected chi connectivity index (χ2v) is 4.12. The molecule has 0 saturated carbocycles. The van der Waals surface area contributed by atoms with Crippen LogP contribution in [0.4, 0.5) is 0 Å². The van der Waals surface area contributed by atoms with Crippen molar-refractivity contribution in [2.24, 2.45) is 0 Å². The van der Waals surface area contributed by atoms with Crippen LogP contribution in [0.3, 0.4) is 0 Å².